The van der Waals surface area contributed by atoms with Gasteiger partial charge in [-0.3, -0.25) is 23.5 Å². The van der Waals surface area contributed by atoms with Crippen molar-refractivity contribution in [2.24, 2.45) is 0 Å². The molecule has 0 heterocycles. The van der Waals surface area contributed by atoms with Crippen LogP contribution in [0.2, 0.25) is 0 Å². The van der Waals surface area contributed by atoms with Crippen molar-refractivity contribution in [2.75, 3.05) is 37.6 Å². The lowest BCUT2D eigenvalue weighted by Gasteiger charge is -2.21. The second-order valence-corrected chi connectivity index (χ2v) is 12.9. The van der Waals surface area contributed by atoms with Crippen molar-refractivity contribution in [1.29, 1.82) is 0 Å². The summed E-state index contributed by atoms with van der Waals surface area (Å²) in [4.78, 5) is 44.6. The summed E-state index contributed by atoms with van der Waals surface area (Å²) in [5, 5.41) is 0. The van der Waals surface area contributed by atoms with E-state index in [0.717, 1.165) is 22.4 Å². The highest BCUT2D eigenvalue weighted by molar-refractivity contribution is 8.13. The summed E-state index contributed by atoms with van der Waals surface area (Å²) in [6.07, 6.45) is 2.86. The average Bonchev–Trinajstić information content (AvgIpc) is 2.84. The van der Waals surface area contributed by atoms with Crippen LogP contribution >= 0.6 is 10.7 Å². The van der Waals surface area contributed by atoms with E-state index in [0.29, 0.717) is 24.0 Å². The van der Waals surface area contributed by atoms with Crippen LogP contribution in [0, 0.1) is 0 Å². The van der Waals surface area contributed by atoms with Gasteiger partial charge in [-0.05, 0) is 44.0 Å². The van der Waals surface area contributed by atoms with Gasteiger partial charge >= 0.3 is 11.9 Å². The number of anilines is 1. The predicted octanol–water partition coefficient (Wildman–Crippen LogP) is 3.01. The van der Waals surface area contributed by atoms with Crippen molar-refractivity contribution < 1.29 is 45.5 Å². The van der Waals surface area contributed by atoms with Crippen molar-refractivity contribution in [2.45, 2.75) is 26.7 Å². The summed E-state index contributed by atoms with van der Waals surface area (Å²) in [6, 6.07) is 13.4. The summed E-state index contributed by atoms with van der Waals surface area (Å²) in [5.74, 6) is -1.06. The van der Waals surface area contributed by atoms with E-state index in [2.05, 4.69) is 20.2 Å². The minimum Gasteiger partial charge on any atom is -0.469 e. The highest BCUT2D eigenvalue weighted by atomic mass is 35.7. The molecule has 0 N–H and O–H groups in total. The number of ether oxygens (including phenoxy) is 2. The fraction of sp³-hybridized carbons (Fsp3) is 0.360. The minimum atomic E-state index is -3.64. The summed E-state index contributed by atoms with van der Waals surface area (Å²) in [5.41, 5.74) is 2.28. The molecule has 11 nitrogen and oxygen atoms in total. The first kappa shape index (κ1) is 35.7. The largest absolute Gasteiger partial charge is 0.469 e. The number of methoxy groups -OCH3 is 2. The van der Waals surface area contributed by atoms with Gasteiger partial charge in [-0.1, -0.05) is 30.3 Å². The van der Waals surface area contributed by atoms with Gasteiger partial charge in [0.1, 0.15) is 6.54 Å². The van der Waals surface area contributed by atoms with Crippen molar-refractivity contribution in [3.63, 3.8) is 0 Å². The fourth-order valence-electron chi connectivity index (χ4n) is 2.76. The summed E-state index contributed by atoms with van der Waals surface area (Å²) in [7, 11) is 0.208. The minimum absolute atomic E-state index is 0.0370. The topological polar surface area (TPSA) is 158 Å². The number of halogens is 1. The lowest BCUT2D eigenvalue weighted by Crippen LogP contribution is -2.35. The Kier molecular flexibility index (Phi) is 15.2. The molecule has 216 valence electrons. The Hall–Kier alpha value is -3.29. The van der Waals surface area contributed by atoms with Gasteiger partial charge in [-0.25, -0.2) is 16.8 Å². The van der Waals surface area contributed by atoms with Gasteiger partial charge in [-0.2, -0.15) is 0 Å². The van der Waals surface area contributed by atoms with Crippen LogP contribution in [0.3, 0.4) is 0 Å². The molecule has 0 radical (unpaired) electrons. The van der Waals surface area contributed by atoms with Crippen LogP contribution in [-0.2, 0) is 44.6 Å². The molecule has 0 aliphatic carbocycles. The normalized spacial score (nSPS) is 10.5. The summed E-state index contributed by atoms with van der Waals surface area (Å²) >= 11 is 0. The van der Waals surface area contributed by atoms with Crippen molar-refractivity contribution >= 4 is 58.9 Å². The second-order valence-electron chi connectivity index (χ2n) is 7.97. The van der Waals surface area contributed by atoms with Gasteiger partial charge in [0.15, 0.2) is 11.6 Å². The van der Waals surface area contributed by atoms with Crippen LogP contribution in [-0.4, -0.2) is 73.6 Å². The molecule has 14 heteroatoms. The Labute approximate surface area is 233 Å². The number of sulfonamides is 1. The Morgan fingerprint density at radius 3 is 1.69 bits per heavy atom. The van der Waals surface area contributed by atoms with E-state index < -0.39 is 31.6 Å². The number of hydrogen-bond donors (Lipinski definition) is 0. The number of carbonyl (C=O) groups excluding carboxylic acids is 4. The summed E-state index contributed by atoms with van der Waals surface area (Å²) in [6.45, 7) is 2.47. The number of carbonyl (C=O) groups is 4. The molecule has 0 saturated heterocycles. The van der Waals surface area contributed by atoms with Gasteiger partial charge in [0, 0.05) is 28.2 Å². The number of nitrogens with zero attached hydrogens (tertiary/aromatic N) is 1. The van der Waals surface area contributed by atoms with Crippen LogP contribution in [0.4, 0.5) is 5.69 Å². The molecule has 39 heavy (non-hydrogen) atoms. The van der Waals surface area contributed by atoms with Crippen LogP contribution in [0.15, 0.2) is 48.5 Å². The highest BCUT2D eigenvalue weighted by Crippen LogP contribution is 2.19. The Morgan fingerprint density at radius 2 is 1.26 bits per heavy atom. The maximum atomic E-state index is 11.7. The summed E-state index contributed by atoms with van der Waals surface area (Å²) < 4.78 is 52.1. The molecule has 2 rings (SSSR count). The Bertz CT molecular complexity index is 1360. The van der Waals surface area contributed by atoms with Gasteiger partial charge in [0.2, 0.25) is 19.1 Å². The third kappa shape index (κ3) is 16.3. The molecule has 0 amide bonds. The van der Waals surface area contributed by atoms with Crippen molar-refractivity contribution in [3.8, 4) is 0 Å². The Morgan fingerprint density at radius 1 is 0.795 bits per heavy atom. The smallest absolute Gasteiger partial charge is 0.326 e. The molecule has 0 bridgehead atoms. The molecule has 0 aromatic heterocycles. The van der Waals surface area contributed by atoms with Gasteiger partial charge in [0.25, 0.3) is 0 Å². The molecular formula is C25H32ClNO10S2. The van der Waals surface area contributed by atoms with E-state index >= 15 is 0 Å². The zero-order chi connectivity index (χ0) is 30.4. The number of Topliss-reactive ketones (excluding diaryl/α,β-unsaturated/α-hetero) is 2. The number of aryl methyl sites for hydroxylation is 1. The number of esters is 2. The monoisotopic (exact) mass is 605 g/mol. The molecular weight excluding hydrogens is 574 g/mol. The molecule has 0 unspecified atom stereocenters. The standard InChI is InChI=1S/C12H15NO5S.C12H14O3.CH3ClO2S/c1-9(14)10-5-4-6-11(7-10)13(19(3,16)17)8-12(15)18-2;1-9(13)11-5-3-4-10(8-11)6-7-12(14)15-2;1-5(2,3)4/h4-7H,8H2,1-3H3;3-5,8H,6-7H2,1-2H3;1H3. The van der Waals surface area contributed by atoms with Crippen LogP contribution in [0.25, 0.3) is 0 Å². The highest BCUT2D eigenvalue weighted by Gasteiger charge is 2.21. The first-order valence-corrected chi connectivity index (χ1v) is 15.7. The molecule has 0 atom stereocenters. The molecule has 0 fully saturated rings. The third-order valence-electron chi connectivity index (χ3n) is 4.62. The Balaban J connectivity index is 0.000000643. The molecule has 0 saturated carbocycles. The van der Waals surface area contributed by atoms with E-state index in [4.69, 9.17) is 0 Å². The SMILES string of the molecule is COC(=O)CCc1cccc(C(C)=O)c1.COC(=O)CN(c1cccc(C(C)=O)c1)S(C)(=O)=O.CS(=O)(=O)Cl. The van der Waals surface area contributed by atoms with E-state index in [1.165, 1.54) is 40.2 Å². The van der Waals surface area contributed by atoms with E-state index in [1.54, 1.807) is 18.2 Å². The molecule has 2 aromatic carbocycles. The first-order valence-electron chi connectivity index (χ1n) is 11.1. The number of hydrogen-bond acceptors (Lipinski definition) is 10. The zero-order valence-corrected chi connectivity index (χ0v) is 24.9. The lowest BCUT2D eigenvalue weighted by atomic mass is 10.0. The molecule has 2 aromatic rings. The quantitative estimate of drug-likeness (QED) is 0.236. The van der Waals surface area contributed by atoms with Crippen molar-refractivity contribution in [3.05, 3.63) is 65.2 Å². The number of benzene rings is 2. The number of ketones is 2. The van der Waals surface area contributed by atoms with Crippen LogP contribution in [0.5, 0.6) is 0 Å². The third-order valence-corrected chi connectivity index (χ3v) is 5.76. The molecule has 0 aliphatic rings. The van der Waals surface area contributed by atoms with Crippen molar-refractivity contribution in [1.82, 2.24) is 0 Å². The lowest BCUT2D eigenvalue weighted by molar-refractivity contribution is -0.140. The zero-order valence-electron chi connectivity index (χ0n) is 22.5. The fourth-order valence-corrected chi connectivity index (χ4v) is 3.59. The van der Waals surface area contributed by atoms with E-state index in [-0.39, 0.29) is 23.2 Å². The average molecular weight is 606 g/mol. The molecule has 0 spiro atoms. The number of rotatable bonds is 9. The van der Waals surface area contributed by atoms with E-state index in [1.807, 2.05) is 18.2 Å². The maximum absolute atomic E-state index is 11.7. The van der Waals surface area contributed by atoms with Gasteiger partial charge < -0.3 is 9.47 Å². The van der Waals surface area contributed by atoms with Crippen LogP contribution < -0.4 is 4.31 Å². The van der Waals surface area contributed by atoms with Crippen LogP contribution in [0.1, 0.15) is 46.5 Å². The van der Waals surface area contributed by atoms with Gasteiger partial charge in [-0.15, -0.1) is 0 Å². The first-order chi connectivity index (χ1) is 17.9. The molecule has 0 aliphatic heterocycles. The van der Waals surface area contributed by atoms with Gasteiger partial charge in [0.05, 0.1) is 32.4 Å². The van der Waals surface area contributed by atoms with E-state index in [9.17, 15) is 36.0 Å². The maximum Gasteiger partial charge on any atom is 0.326 e. The second kappa shape index (κ2) is 16.6. The predicted molar refractivity (Wildman–Crippen MR) is 148 cm³/mol.